The molecule has 0 radical (unpaired) electrons. The van der Waals surface area contributed by atoms with E-state index in [4.69, 9.17) is 14.2 Å². The van der Waals surface area contributed by atoms with Crippen LogP contribution in [0.15, 0.2) is 18.2 Å². The topological polar surface area (TPSA) is 44.8 Å². The Hall–Kier alpha value is -1.71. The SMILES string of the molecule is COc1cc(OC)cc(OC2CCCC(=O)C2)c1. The van der Waals surface area contributed by atoms with Gasteiger partial charge in [0.2, 0.25) is 0 Å². The Morgan fingerprint density at radius 1 is 1.06 bits per heavy atom. The highest BCUT2D eigenvalue weighted by molar-refractivity contribution is 5.79. The summed E-state index contributed by atoms with van der Waals surface area (Å²) in [7, 11) is 3.20. The van der Waals surface area contributed by atoms with Crippen LogP contribution in [-0.2, 0) is 4.79 Å². The quantitative estimate of drug-likeness (QED) is 0.824. The summed E-state index contributed by atoms with van der Waals surface area (Å²) >= 11 is 0. The summed E-state index contributed by atoms with van der Waals surface area (Å²) in [5.74, 6) is 2.34. The molecule has 4 heteroatoms. The highest BCUT2D eigenvalue weighted by atomic mass is 16.5. The monoisotopic (exact) mass is 250 g/mol. The van der Waals surface area contributed by atoms with Crippen molar-refractivity contribution in [2.24, 2.45) is 0 Å². The van der Waals surface area contributed by atoms with Gasteiger partial charge in [0.15, 0.2) is 0 Å². The molecule has 1 aliphatic rings. The van der Waals surface area contributed by atoms with Crippen molar-refractivity contribution < 1.29 is 19.0 Å². The molecule has 0 aliphatic heterocycles. The molecule has 1 saturated carbocycles. The second-order valence-electron chi connectivity index (χ2n) is 4.42. The molecule has 0 spiro atoms. The minimum atomic E-state index is -0.0249. The van der Waals surface area contributed by atoms with E-state index in [-0.39, 0.29) is 11.9 Å². The smallest absolute Gasteiger partial charge is 0.136 e. The van der Waals surface area contributed by atoms with Crippen LogP contribution >= 0.6 is 0 Å². The number of carbonyl (C=O) groups excluding carboxylic acids is 1. The summed E-state index contributed by atoms with van der Waals surface area (Å²) < 4.78 is 16.2. The third kappa shape index (κ3) is 3.15. The molecule has 1 unspecified atom stereocenters. The molecule has 0 aromatic heterocycles. The van der Waals surface area contributed by atoms with Gasteiger partial charge < -0.3 is 14.2 Å². The fraction of sp³-hybridized carbons (Fsp3) is 0.500. The van der Waals surface area contributed by atoms with E-state index in [1.165, 1.54) is 0 Å². The van der Waals surface area contributed by atoms with E-state index in [1.54, 1.807) is 20.3 Å². The molecule has 18 heavy (non-hydrogen) atoms. The summed E-state index contributed by atoms with van der Waals surface area (Å²) in [4.78, 5) is 11.4. The van der Waals surface area contributed by atoms with Crippen molar-refractivity contribution in [1.82, 2.24) is 0 Å². The van der Waals surface area contributed by atoms with Crippen molar-refractivity contribution in [2.75, 3.05) is 14.2 Å². The Bertz CT molecular complexity index is 406. The molecule has 0 N–H and O–H groups in total. The van der Waals surface area contributed by atoms with Crippen molar-refractivity contribution in [3.05, 3.63) is 18.2 Å². The first-order chi connectivity index (χ1) is 8.71. The average Bonchev–Trinajstić information content (AvgIpc) is 2.38. The first-order valence-corrected chi connectivity index (χ1v) is 6.12. The molecule has 2 rings (SSSR count). The van der Waals surface area contributed by atoms with E-state index >= 15 is 0 Å². The maximum Gasteiger partial charge on any atom is 0.136 e. The van der Waals surface area contributed by atoms with E-state index in [2.05, 4.69) is 0 Å². The largest absolute Gasteiger partial charge is 0.496 e. The zero-order valence-corrected chi connectivity index (χ0v) is 10.8. The minimum absolute atomic E-state index is 0.0249. The Balaban J connectivity index is 2.10. The third-order valence-electron chi connectivity index (χ3n) is 3.06. The number of methoxy groups -OCH3 is 2. The predicted octanol–water partition coefficient (Wildman–Crippen LogP) is 2.59. The molecule has 1 aromatic carbocycles. The van der Waals surface area contributed by atoms with Gasteiger partial charge in [-0.1, -0.05) is 0 Å². The van der Waals surface area contributed by atoms with Crippen molar-refractivity contribution >= 4 is 5.78 Å². The molecule has 4 nitrogen and oxygen atoms in total. The van der Waals surface area contributed by atoms with Crippen molar-refractivity contribution in [1.29, 1.82) is 0 Å². The van der Waals surface area contributed by atoms with Crippen LogP contribution in [0.1, 0.15) is 25.7 Å². The van der Waals surface area contributed by atoms with Crippen molar-refractivity contribution in [3.63, 3.8) is 0 Å². The number of carbonyl (C=O) groups is 1. The Labute approximate surface area is 107 Å². The molecule has 1 aliphatic carbocycles. The van der Waals surface area contributed by atoms with Gasteiger partial charge in [0, 0.05) is 31.0 Å². The molecule has 0 amide bonds. The van der Waals surface area contributed by atoms with Crippen molar-refractivity contribution in [2.45, 2.75) is 31.8 Å². The fourth-order valence-corrected chi connectivity index (χ4v) is 2.13. The third-order valence-corrected chi connectivity index (χ3v) is 3.06. The fourth-order valence-electron chi connectivity index (χ4n) is 2.13. The lowest BCUT2D eigenvalue weighted by molar-refractivity contribution is -0.122. The summed E-state index contributed by atoms with van der Waals surface area (Å²) in [6.45, 7) is 0. The Kier molecular flexibility index (Phi) is 4.07. The van der Waals surface area contributed by atoms with Crippen LogP contribution < -0.4 is 14.2 Å². The molecule has 0 heterocycles. The van der Waals surface area contributed by atoms with E-state index in [0.717, 1.165) is 12.8 Å². The lowest BCUT2D eigenvalue weighted by Crippen LogP contribution is -2.25. The second-order valence-corrected chi connectivity index (χ2v) is 4.42. The van der Waals surface area contributed by atoms with E-state index in [9.17, 15) is 4.79 Å². The van der Waals surface area contributed by atoms with Crippen LogP contribution in [0.2, 0.25) is 0 Å². The van der Waals surface area contributed by atoms with E-state index < -0.39 is 0 Å². The summed E-state index contributed by atoms with van der Waals surface area (Å²) in [5.41, 5.74) is 0. The number of hydrogen-bond donors (Lipinski definition) is 0. The number of benzene rings is 1. The standard InChI is InChI=1S/C14H18O4/c1-16-12-7-13(17-2)9-14(8-12)18-11-5-3-4-10(15)6-11/h7-9,11H,3-6H2,1-2H3. The predicted molar refractivity (Wildman–Crippen MR) is 67.4 cm³/mol. The van der Waals surface area contributed by atoms with Gasteiger partial charge in [-0.05, 0) is 12.8 Å². The normalized spacial score (nSPS) is 19.4. The minimum Gasteiger partial charge on any atom is -0.496 e. The van der Waals surface area contributed by atoms with Crippen LogP contribution in [0.3, 0.4) is 0 Å². The van der Waals surface area contributed by atoms with E-state index in [0.29, 0.717) is 30.1 Å². The number of rotatable bonds is 4. The zero-order valence-electron chi connectivity index (χ0n) is 10.8. The lowest BCUT2D eigenvalue weighted by atomic mass is 9.96. The molecule has 1 fully saturated rings. The first kappa shape index (κ1) is 12.7. The molecule has 1 aromatic rings. The molecule has 0 saturated heterocycles. The maximum absolute atomic E-state index is 11.4. The van der Waals surface area contributed by atoms with Crippen LogP contribution in [0, 0.1) is 0 Å². The maximum atomic E-state index is 11.4. The van der Waals surface area contributed by atoms with Gasteiger partial charge in [0.25, 0.3) is 0 Å². The second kappa shape index (κ2) is 5.76. The number of ether oxygens (including phenoxy) is 3. The highest BCUT2D eigenvalue weighted by Gasteiger charge is 2.21. The summed E-state index contributed by atoms with van der Waals surface area (Å²) in [6.07, 6.45) is 2.99. The number of ketones is 1. The lowest BCUT2D eigenvalue weighted by Gasteiger charge is -2.22. The number of Topliss-reactive ketones (excluding diaryl/α,β-unsaturated/α-hetero) is 1. The molecular weight excluding hydrogens is 232 g/mol. The van der Waals surface area contributed by atoms with Gasteiger partial charge in [-0.2, -0.15) is 0 Å². The Morgan fingerprint density at radius 2 is 1.67 bits per heavy atom. The summed E-state index contributed by atoms with van der Waals surface area (Å²) in [5, 5.41) is 0. The molecule has 0 bridgehead atoms. The van der Waals surface area contributed by atoms with E-state index in [1.807, 2.05) is 12.1 Å². The summed E-state index contributed by atoms with van der Waals surface area (Å²) in [6, 6.07) is 5.40. The van der Waals surface area contributed by atoms with Crippen molar-refractivity contribution in [3.8, 4) is 17.2 Å². The molecule has 98 valence electrons. The van der Waals surface area contributed by atoms with Gasteiger partial charge in [0.1, 0.15) is 29.1 Å². The van der Waals surface area contributed by atoms with Crippen LogP contribution in [-0.4, -0.2) is 26.1 Å². The molecular formula is C14H18O4. The zero-order chi connectivity index (χ0) is 13.0. The van der Waals surface area contributed by atoms with Crippen LogP contribution in [0.5, 0.6) is 17.2 Å². The van der Waals surface area contributed by atoms with Gasteiger partial charge in [-0.3, -0.25) is 4.79 Å². The highest BCUT2D eigenvalue weighted by Crippen LogP contribution is 2.30. The Morgan fingerprint density at radius 3 is 2.22 bits per heavy atom. The van der Waals surface area contributed by atoms with Gasteiger partial charge in [0.05, 0.1) is 14.2 Å². The average molecular weight is 250 g/mol. The molecule has 1 atom stereocenters. The van der Waals surface area contributed by atoms with Gasteiger partial charge in [-0.15, -0.1) is 0 Å². The van der Waals surface area contributed by atoms with Crippen LogP contribution in [0.4, 0.5) is 0 Å². The first-order valence-electron chi connectivity index (χ1n) is 6.12. The number of hydrogen-bond acceptors (Lipinski definition) is 4. The van der Waals surface area contributed by atoms with Crippen LogP contribution in [0.25, 0.3) is 0 Å². The van der Waals surface area contributed by atoms with Gasteiger partial charge in [-0.25, -0.2) is 0 Å². The van der Waals surface area contributed by atoms with Gasteiger partial charge >= 0.3 is 0 Å².